The van der Waals surface area contributed by atoms with E-state index in [4.69, 9.17) is 0 Å². The smallest absolute Gasteiger partial charge is 0.191 e. The van der Waals surface area contributed by atoms with Crippen LogP contribution in [0, 0.1) is 9.81 Å². The minimum Gasteiger partial charge on any atom is -0.356 e. The van der Waals surface area contributed by atoms with Gasteiger partial charge in [-0.2, -0.15) is 0 Å². The van der Waals surface area contributed by atoms with Crippen LogP contribution in [-0.2, 0) is 13.0 Å². The molecule has 0 aliphatic carbocycles. The van der Waals surface area contributed by atoms with E-state index in [2.05, 4.69) is 62.3 Å². The molecule has 2 aromatic rings. The maximum Gasteiger partial charge on any atom is 0.191 e. The summed E-state index contributed by atoms with van der Waals surface area (Å²) in [5, 5.41) is 7.69. The highest BCUT2D eigenvalue weighted by Crippen LogP contribution is 2.18. The molecule has 0 spiro atoms. The summed E-state index contributed by atoms with van der Waals surface area (Å²) in [4.78, 5) is 11.2. The Kier molecular flexibility index (Phi) is 9.06. The van der Waals surface area contributed by atoms with E-state index in [1.165, 1.54) is 12.6 Å². The summed E-state index contributed by atoms with van der Waals surface area (Å²) >= 11 is 5.90. The third kappa shape index (κ3) is 6.78. The summed E-state index contributed by atoms with van der Waals surface area (Å²) in [6.45, 7) is 3.67. The molecular formula is C13H18I2N4S2. The van der Waals surface area contributed by atoms with Crippen LogP contribution >= 0.6 is 69.2 Å². The van der Waals surface area contributed by atoms with Crippen LogP contribution in [0.15, 0.2) is 23.3 Å². The van der Waals surface area contributed by atoms with Gasteiger partial charge in [0.05, 0.1) is 9.43 Å². The second-order valence-electron chi connectivity index (χ2n) is 4.17. The van der Waals surface area contributed by atoms with Crippen molar-refractivity contribution in [2.45, 2.75) is 19.9 Å². The number of thiophene rings is 1. The topological polar surface area (TPSA) is 49.3 Å². The molecule has 2 rings (SSSR count). The molecule has 0 unspecified atom stereocenters. The van der Waals surface area contributed by atoms with E-state index in [0.29, 0.717) is 0 Å². The van der Waals surface area contributed by atoms with Crippen molar-refractivity contribution in [1.82, 2.24) is 15.6 Å². The van der Waals surface area contributed by atoms with Gasteiger partial charge in [-0.05, 0) is 48.1 Å². The van der Waals surface area contributed by atoms with Gasteiger partial charge in [-0.25, -0.2) is 4.98 Å². The minimum absolute atomic E-state index is 0. The predicted octanol–water partition coefficient (Wildman–Crippen LogP) is 3.64. The molecule has 0 fully saturated rings. The Morgan fingerprint density at radius 3 is 2.71 bits per heavy atom. The highest BCUT2D eigenvalue weighted by atomic mass is 127. The Labute approximate surface area is 164 Å². The number of guanidine groups is 1. The van der Waals surface area contributed by atoms with Gasteiger partial charge in [-0.3, -0.25) is 4.99 Å². The van der Waals surface area contributed by atoms with Gasteiger partial charge in [0.25, 0.3) is 0 Å². The summed E-state index contributed by atoms with van der Waals surface area (Å²) < 4.78 is 1.33. The Bertz CT molecular complexity index is 580. The van der Waals surface area contributed by atoms with Gasteiger partial charge in [0.1, 0.15) is 5.01 Å². The SMILES string of the molecule is CN=C(NCCc1ccc(I)s1)NCc1ncc(C)s1.I. The number of thiazole rings is 1. The minimum atomic E-state index is 0. The lowest BCUT2D eigenvalue weighted by molar-refractivity contribution is 0.796. The van der Waals surface area contributed by atoms with Crippen molar-refractivity contribution in [2.24, 2.45) is 4.99 Å². The van der Waals surface area contributed by atoms with E-state index in [1.807, 2.05) is 17.5 Å². The van der Waals surface area contributed by atoms with Crippen molar-refractivity contribution in [3.8, 4) is 0 Å². The molecule has 0 amide bonds. The van der Waals surface area contributed by atoms with Crippen LogP contribution < -0.4 is 10.6 Å². The van der Waals surface area contributed by atoms with Gasteiger partial charge >= 0.3 is 0 Å². The highest BCUT2D eigenvalue weighted by Gasteiger charge is 2.02. The molecule has 0 bridgehead atoms. The summed E-state index contributed by atoms with van der Waals surface area (Å²) in [7, 11) is 1.79. The zero-order chi connectivity index (χ0) is 14.4. The lowest BCUT2D eigenvalue weighted by Crippen LogP contribution is -2.37. The van der Waals surface area contributed by atoms with Gasteiger partial charge in [0.15, 0.2) is 5.96 Å². The third-order valence-corrected chi connectivity index (χ3v) is 5.46. The molecule has 0 aliphatic heterocycles. The molecule has 0 aromatic carbocycles. The number of hydrogen-bond donors (Lipinski definition) is 2. The second kappa shape index (κ2) is 9.95. The van der Waals surface area contributed by atoms with E-state index in [-0.39, 0.29) is 24.0 Å². The van der Waals surface area contributed by atoms with Gasteiger partial charge in [-0.1, -0.05) is 0 Å². The quantitative estimate of drug-likeness (QED) is 0.341. The molecule has 8 heteroatoms. The number of aromatic nitrogens is 1. The fourth-order valence-corrected chi connectivity index (χ4v) is 4.14. The van der Waals surface area contributed by atoms with Crippen molar-refractivity contribution in [3.05, 3.63) is 36.0 Å². The molecule has 0 radical (unpaired) electrons. The molecule has 0 atom stereocenters. The van der Waals surface area contributed by atoms with E-state index in [1.54, 1.807) is 18.4 Å². The zero-order valence-corrected chi connectivity index (χ0v) is 18.0. The van der Waals surface area contributed by atoms with Crippen molar-refractivity contribution < 1.29 is 0 Å². The van der Waals surface area contributed by atoms with Gasteiger partial charge < -0.3 is 10.6 Å². The fraction of sp³-hybridized carbons (Fsp3) is 0.385. The van der Waals surface area contributed by atoms with Crippen LogP contribution in [0.4, 0.5) is 0 Å². The second-order valence-corrected chi connectivity index (χ2v) is 8.55. The zero-order valence-electron chi connectivity index (χ0n) is 11.9. The number of nitrogens with one attached hydrogen (secondary N) is 2. The average molecular weight is 548 g/mol. The number of hydrogen-bond acceptors (Lipinski definition) is 4. The van der Waals surface area contributed by atoms with Gasteiger partial charge in [0.2, 0.25) is 0 Å². The largest absolute Gasteiger partial charge is 0.356 e. The summed E-state index contributed by atoms with van der Waals surface area (Å²) in [6.07, 6.45) is 2.92. The van der Waals surface area contributed by atoms with Gasteiger partial charge in [0, 0.05) is 29.5 Å². The van der Waals surface area contributed by atoms with E-state index in [0.717, 1.165) is 30.5 Å². The highest BCUT2D eigenvalue weighted by molar-refractivity contribution is 14.1. The molecule has 21 heavy (non-hydrogen) atoms. The van der Waals surface area contributed by atoms with Gasteiger partial charge in [-0.15, -0.1) is 46.7 Å². The number of aryl methyl sites for hydroxylation is 1. The van der Waals surface area contributed by atoms with Crippen LogP contribution in [0.5, 0.6) is 0 Å². The Hall–Kier alpha value is 0.0600. The number of halogens is 2. The molecular weight excluding hydrogens is 530 g/mol. The first-order valence-corrected chi connectivity index (χ1v) is 8.98. The average Bonchev–Trinajstić information content (AvgIpc) is 3.02. The van der Waals surface area contributed by atoms with Crippen molar-refractivity contribution in [2.75, 3.05) is 13.6 Å². The Morgan fingerprint density at radius 1 is 1.33 bits per heavy atom. The molecule has 4 nitrogen and oxygen atoms in total. The Morgan fingerprint density at radius 2 is 2.14 bits per heavy atom. The Balaban J connectivity index is 0.00000220. The van der Waals surface area contributed by atoms with Crippen LogP contribution in [0.3, 0.4) is 0 Å². The lowest BCUT2D eigenvalue weighted by Gasteiger charge is -2.10. The molecule has 2 aromatic heterocycles. The summed E-state index contributed by atoms with van der Waals surface area (Å²) in [5.74, 6) is 0.823. The van der Waals surface area contributed by atoms with E-state index >= 15 is 0 Å². The van der Waals surface area contributed by atoms with E-state index in [9.17, 15) is 0 Å². The standard InChI is InChI=1S/C13H17IN4S2.HI/c1-9-7-17-12(19-9)8-18-13(15-2)16-6-5-10-3-4-11(14)20-10;/h3-4,7H,5-6,8H2,1-2H3,(H2,15,16,18);1H. The predicted molar refractivity (Wildman–Crippen MR) is 111 cm³/mol. The van der Waals surface area contributed by atoms with Crippen LogP contribution in [-0.4, -0.2) is 24.5 Å². The first-order valence-electron chi connectivity index (χ1n) is 6.27. The molecule has 2 N–H and O–H groups in total. The first-order chi connectivity index (χ1) is 9.67. The molecule has 2 heterocycles. The number of rotatable bonds is 5. The maximum atomic E-state index is 4.33. The first kappa shape index (κ1) is 19.1. The van der Waals surface area contributed by atoms with Crippen molar-refractivity contribution in [3.63, 3.8) is 0 Å². The number of nitrogens with zero attached hydrogens (tertiary/aromatic N) is 2. The molecule has 116 valence electrons. The van der Waals surface area contributed by atoms with Crippen LogP contribution in [0.2, 0.25) is 0 Å². The molecule has 0 aliphatic rings. The summed E-state index contributed by atoms with van der Waals surface area (Å²) in [6, 6.07) is 4.33. The molecule has 0 saturated carbocycles. The van der Waals surface area contributed by atoms with Crippen LogP contribution in [0.1, 0.15) is 14.8 Å². The normalized spacial score (nSPS) is 11.1. The lowest BCUT2D eigenvalue weighted by atomic mass is 10.3. The third-order valence-electron chi connectivity index (χ3n) is 2.59. The molecule has 0 saturated heterocycles. The maximum absolute atomic E-state index is 4.33. The summed E-state index contributed by atoms with van der Waals surface area (Å²) in [5.41, 5.74) is 0. The van der Waals surface area contributed by atoms with E-state index < -0.39 is 0 Å². The van der Waals surface area contributed by atoms with Crippen LogP contribution in [0.25, 0.3) is 0 Å². The van der Waals surface area contributed by atoms with Crippen molar-refractivity contribution in [1.29, 1.82) is 0 Å². The monoisotopic (exact) mass is 548 g/mol. The number of aliphatic imine (C=N–C) groups is 1. The fourth-order valence-electron chi connectivity index (χ4n) is 1.65. The van der Waals surface area contributed by atoms with Crippen molar-refractivity contribution >= 4 is 75.2 Å².